The number of nitrogens with one attached hydrogen (secondary N) is 1. The lowest BCUT2D eigenvalue weighted by Crippen LogP contribution is -1.98. The first-order valence-electron chi connectivity index (χ1n) is 2.43. The molecule has 0 bridgehead atoms. The average Bonchev–Trinajstić information content (AvgIpc) is 2.34. The maximum atomic E-state index is 10.1. The zero-order valence-corrected chi connectivity index (χ0v) is 4.83. The minimum Gasteiger partial charge on any atom is -0.475 e. The lowest BCUT2D eigenvalue weighted by Gasteiger charge is -1.79. The van der Waals surface area contributed by atoms with Crippen LogP contribution in [0.2, 0.25) is 0 Å². The highest BCUT2D eigenvalue weighted by molar-refractivity contribution is 5.83. The Hall–Kier alpha value is -1.83. The number of hydrogen-bond donors (Lipinski definition) is 2. The maximum absolute atomic E-state index is 10.1. The fourth-order valence-electron chi connectivity index (χ4n) is 0.489. The number of carbonyl (C=O) groups is 1. The Labute approximate surface area is 55.9 Å². The molecule has 2 N–H and O–H groups in total. The molecule has 0 aliphatic rings. The molecule has 1 aromatic heterocycles. The highest BCUT2D eigenvalue weighted by Crippen LogP contribution is 1.93. The van der Waals surface area contributed by atoms with Crippen LogP contribution in [0, 0.1) is 11.3 Å². The van der Waals surface area contributed by atoms with Gasteiger partial charge in [0.1, 0.15) is 6.07 Å². The zero-order chi connectivity index (χ0) is 7.56. The second-order valence-corrected chi connectivity index (χ2v) is 1.55. The summed E-state index contributed by atoms with van der Waals surface area (Å²) < 4.78 is 0. The molecule has 0 atom stereocenters. The summed E-state index contributed by atoms with van der Waals surface area (Å²) in [4.78, 5) is 15.9. The van der Waals surface area contributed by atoms with Crippen molar-refractivity contribution in [3.8, 4) is 6.07 Å². The summed E-state index contributed by atoms with van der Waals surface area (Å²) in [5, 5.41) is 16.5. The number of carboxylic acid groups (broad SMARTS) is 1. The van der Waals surface area contributed by atoms with Gasteiger partial charge in [0, 0.05) is 6.20 Å². The SMILES string of the molecule is N#Cc1c[nH]c(C(=O)O)n1. The molecule has 0 fully saturated rings. The standard InChI is InChI=1S/C5H3N3O2/c6-1-3-2-7-4(8-3)5(9)10/h2H,(H,7,8)(H,9,10). The molecule has 1 heterocycles. The van der Waals surface area contributed by atoms with Gasteiger partial charge in [0.15, 0.2) is 5.69 Å². The van der Waals surface area contributed by atoms with Crippen LogP contribution in [0.3, 0.4) is 0 Å². The summed E-state index contributed by atoms with van der Waals surface area (Å²) in [5.41, 5.74) is 0.0809. The first kappa shape index (κ1) is 6.29. The molecule has 50 valence electrons. The molecule has 10 heavy (non-hydrogen) atoms. The number of imidazole rings is 1. The van der Waals surface area contributed by atoms with Crippen molar-refractivity contribution in [2.24, 2.45) is 0 Å². The summed E-state index contributed by atoms with van der Waals surface area (Å²) in [7, 11) is 0. The van der Waals surface area contributed by atoms with Crippen LogP contribution in [0.1, 0.15) is 16.3 Å². The molecule has 5 nitrogen and oxygen atoms in total. The molecular formula is C5H3N3O2. The second kappa shape index (κ2) is 2.19. The van der Waals surface area contributed by atoms with Gasteiger partial charge in [-0.3, -0.25) is 0 Å². The minimum absolute atomic E-state index is 0.0809. The predicted octanol–water partition coefficient (Wildman–Crippen LogP) is -0.0204. The van der Waals surface area contributed by atoms with E-state index >= 15 is 0 Å². The molecule has 0 aromatic carbocycles. The van der Waals surface area contributed by atoms with Crippen molar-refractivity contribution in [3.05, 3.63) is 17.7 Å². The first-order chi connectivity index (χ1) is 4.74. The molecule has 1 aromatic rings. The number of aromatic amines is 1. The molecule has 0 unspecified atom stereocenters. The quantitative estimate of drug-likeness (QED) is 0.569. The van der Waals surface area contributed by atoms with E-state index < -0.39 is 5.97 Å². The summed E-state index contributed by atoms with van der Waals surface area (Å²) in [5.74, 6) is -1.38. The van der Waals surface area contributed by atoms with Crippen LogP contribution in [-0.4, -0.2) is 21.0 Å². The van der Waals surface area contributed by atoms with Crippen molar-refractivity contribution >= 4 is 5.97 Å². The van der Waals surface area contributed by atoms with Crippen LogP contribution >= 0.6 is 0 Å². The molecule has 0 saturated carbocycles. The highest BCUT2D eigenvalue weighted by Gasteiger charge is 2.06. The van der Waals surface area contributed by atoms with Crippen molar-refractivity contribution in [1.29, 1.82) is 5.26 Å². The normalized spacial score (nSPS) is 8.70. The third kappa shape index (κ3) is 0.951. The number of nitrogens with zero attached hydrogens (tertiary/aromatic N) is 2. The van der Waals surface area contributed by atoms with E-state index in [0.29, 0.717) is 0 Å². The summed E-state index contributed by atoms with van der Waals surface area (Å²) in [6.07, 6.45) is 1.24. The van der Waals surface area contributed by atoms with Gasteiger partial charge >= 0.3 is 5.97 Å². The zero-order valence-electron chi connectivity index (χ0n) is 4.83. The third-order valence-corrected chi connectivity index (χ3v) is 0.895. The Bertz CT molecular complexity index is 296. The van der Waals surface area contributed by atoms with Gasteiger partial charge in [0.25, 0.3) is 0 Å². The van der Waals surface area contributed by atoms with Gasteiger partial charge in [-0.25, -0.2) is 9.78 Å². The van der Waals surface area contributed by atoms with Crippen LogP contribution in [0.25, 0.3) is 0 Å². The molecule has 0 radical (unpaired) electrons. The van der Waals surface area contributed by atoms with Gasteiger partial charge in [0.2, 0.25) is 5.82 Å². The number of aromatic nitrogens is 2. The Morgan fingerprint density at radius 2 is 2.60 bits per heavy atom. The van der Waals surface area contributed by atoms with Gasteiger partial charge in [0.05, 0.1) is 0 Å². The van der Waals surface area contributed by atoms with E-state index in [1.165, 1.54) is 6.20 Å². The molecule has 1 rings (SSSR count). The molecule has 0 aliphatic heterocycles. The topological polar surface area (TPSA) is 89.8 Å². The van der Waals surface area contributed by atoms with E-state index in [0.717, 1.165) is 0 Å². The van der Waals surface area contributed by atoms with Gasteiger partial charge in [-0.2, -0.15) is 5.26 Å². The summed E-state index contributed by atoms with van der Waals surface area (Å²) in [6, 6.07) is 1.70. The van der Waals surface area contributed by atoms with Gasteiger partial charge in [-0.1, -0.05) is 0 Å². The number of carboxylic acids is 1. The third-order valence-electron chi connectivity index (χ3n) is 0.895. The molecule has 0 amide bonds. The largest absolute Gasteiger partial charge is 0.475 e. The van der Waals surface area contributed by atoms with E-state index in [1.807, 2.05) is 0 Å². The average molecular weight is 137 g/mol. The monoisotopic (exact) mass is 137 g/mol. The van der Waals surface area contributed by atoms with Crippen LogP contribution in [0.5, 0.6) is 0 Å². The van der Waals surface area contributed by atoms with Crippen molar-refractivity contribution in [3.63, 3.8) is 0 Å². The second-order valence-electron chi connectivity index (χ2n) is 1.55. The van der Waals surface area contributed by atoms with Crippen LogP contribution in [-0.2, 0) is 0 Å². The molecule has 0 spiro atoms. The lowest BCUT2D eigenvalue weighted by molar-refractivity contribution is 0.0684. The number of nitriles is 1. The maximum Gasteiger partial charge on any atom is 0.371 e. The van der Waals surface area contributed by atoms with E-state index in [1.54, 1.807) is 6.07 Å². The summed E-state index contributed by atoms with van der Waals surface area (Å²) >= 11 is 0. The number of hydrogen-bond acceptors (Lipinski definition) is 3. The van der Waals surface area contributed by atoms with Gasteiger partial charge in [-0.05, 0) is 0 Å². The van der Waals surface area contributed by atoms with E-state index in [9.17, 15) is 4.79 Å². The Morgan fingerprint density at radius 1 is 1.90 bits per heavy atom. The van der Waals surface area contributed by atoms with E-state index in [-0.39, 0.29) is 11.5 Å². The molecular weight excluding hydrogens is 134 g/mol. The fourth-order valence-corrected chi connectivity index (χ4v) is 0.489. The summed E-state index contributed by atoms with van der Waals surface area (Å²) in [6.45, 7) is 0. The van der Waals surface area contributed by atoms with Gasteiger partial charge in [-0.15, -0.1) is 0 Å². The molecule has 0 saturated heterocycles. The fraction of sp³-hybridized carbons (Fsp3) is 0. The smallest absolute Gasteiger partial charge is 0.371 e. The molecule has 5 heteroatoms. The van der Waals surface area contributed by atoms with Crippen molar-refractivity contribution < 1.29 is 9.90 Å². The van der Waals surface area contributed by atoms with Crippen molar-refractivity contribution in [2.45, 2.75) is 0 Å². The lowest BCUT2D eigenvalue weighted by atomic mass is 10.5. The Balaban J connectivity index is 3.02. The van der Waals surface area contributed by atoms with Crippen molar-refractivity contribution in [1.82, 2.24) is 9.97 Å². The number of rotatable bonds is 1. The van der Waals surface area contributed by atoms with Crippen molar-refractivity contribution in [2.75, 3.05) is 0 Å². The van der Waals surface area contributed by atoms with Gasteiger partial charge < -0.3 is 10.1 Å². The minimum atomic E-state index is -1.17. The van der Waals surface area contributed by atoms with Crippen LogP contribution < -0.4 is 0 Å². The predicted molar refractivity (Wildman–Crippen MR) is 30.3 cm³/mol. The Kier molecular flexibility index (Phi) is 1.38. The van der Waals surface area contributed by atoms with E-state index in [2.05, 4.69) is 9.97 Å². The molecule has 0 aliphatic carbocycles. The van der Waals surface area contributed by atoms with Crippen LogP contribution in [0.15, 0.2) is 6.20 Å². The highest BCUT2D eigenvalue weighted by atomic mass is 16.4. The van der Waals surface area contributed by atoms with Crippen LogP contribution in [0.4, 0.5) is 0 Å². The van der Waals surface area contributed by atoms with E-state index in [4.69, 9.17) is 10.4 Å². The number of aromatic carboxylic acids is 1. The Morgan fingerprint density at radius 3 is 2.90 bits per heavy atom. The number of H-pyrrole nitrogens is 1. The first-order valence-corrected chi connectivity index (χ1v) is 2.43.